The van der Waals surface area contributed by atoms with Gasteiger partial charge in [0.1, 0.15) is 0 Å². The quantitative estimate of drug-likeness (QED) is 0.370. The van der Waals surface area contributed by atoms with E-state index in [9.17, 15) is 0 Å². The lowest BCUT2D eigenvalue weighted by molar-refractivity contribution is 0.188. The third-order valence-electron chi connectivity index (χ3n) is 4.42. The Morgan fingerprint density at radius 1 is 1.00 bits per heavy atom. The summed E-state index contributed by atoms with van der Waals surface area (Å²) < 4.78 is 0. The first-order valence-electron chi connectivity index (χ1n) is 9.54. The number of piperidine rings is 1. The summed E-state index contributed by atoms with van der Waals surface area (Å²) >= 11 is 0. The molecule has 22 heavy (non-hydrogen) atoms. The van der Waals surface area contributed by atoms with E-state index in [4.69, 9.17) is 4.99 Å². The van der Waals surface area contributed by atoms with Gasteiger partial charge in [0, 0.05) is 19.6 Å². The lowest BCUT2D eigenvalue weighted by atomic mass is 9.97. The summed E-state index contributed by atoms with van der Waals surface area (Å²) in [6, 6.07) is 0. The van der Waals surface area contributed by atoms with Gasteiger partial charge in [-0.2, -0.15) is 0 Å². The number of nitrogens with zero attached hydrogens (tertiary/aromatic N) is 2. The molecule has 0 amide bonds. The number of guanidine groups is 1. The van der Waals surface area contributed by atoms with E-state index in [1.54, 1.807) is 0 Å². The van der Waals surface area contributed by atoms with Gasteiger partial charge >= 0.3 is 0 Å². The van der Waals surface area contributed by atoms with Crippen LogP contribution < -0.4 is 10.6 Å². The molecule has 0 aromatic heterocycles. The highest BCUT2D eigenvalue weighted by atomic mass is 15.2. The van der Waals surface area contributed by atoms with Crippen LogP contribution in [-0.4, -0.2) is 50.1 Å². The zero-order valence-corrected chi connectivity index (χ0v) is 15.2. The number of rotatable bonds is 10. The van der Waals surface area contributed by atoms with Crippen LogP contribution in [0.25, 0.3) is 0 Å². The van der Waals surface area contributed by atoms with Crippen LogP contribution in [0, 0.1) is 5.92 Å². The molecule has 0 spiro atoms. The number of likely N-dealkylation sites (tertiary alicyclic amines) is 1. The molecule has 1 aliphatic heterocycles. The monoisotopic (exact) mass is 310 g/mol. The van der Waals surface area contributed by atoms with Crippen LogP contribution in [0.15, 0.2) is 4.99 Å². The van der Waals surface area contributed by atoms with Crippen molar-refractivity contribution in [1.29, 1.82) is 0 Å². The first-order chi connectivity index (χ1) is 10.8. The molecule has 1 saturated heterocycles. The second-order valence-electron chi connectivity index (χ2n) is 6.49. The lowest BCUT2D eigenvalue weighted by Gasteiger charge is -2.31. The SMILES string of the molecule is CCCCCCNC(=NCC1CCN(CCC)CC1)NCC. The minimum absolute atomic E-state index is 0.767. The topological polar surface area (TPSA) is 39.7 Å². The highest BCUT2D eigenvalue weighted by Gasteiger charge is 2.18. The fourth-order valence-electron chi connectivity index (χ4n) is 3.03. The summed E-state index contributed by atoms with van der Waals surface area (Å²) in [6.45, 7) is 13.4. The molecule has 0 bridgehead atoms. The van der Waals surface area contributed by atoms with E-state index in [0.29, 0.717) is 0 Å². The maximum atomic E-state index is 4.80. The first kappa shape index (κ1) is 19.3. The first-order valence-corrected chi connectivity index (χ1v) is 9.54. The van der Waals surface area contributed by atoms with Crippen LogP contribution in [0.1, 0.15) is 65.7 Å². The zero-order chi connectivity index (χ0) is 16.0. The molecule has 4 heteroatoms. The van der Waals surface area contributed by atoms with E-state index in [-0.39, 0.29) is 0 Å². The second-order valence-corrected chi connectivity index (χ2v) is 6.49. The zero-order valence-electron chi connectivity index (χ0n) is 15.2. The maximum absolute atomic E-state index is 4.80. The summed E-state index contributed by atoms with van der Waals surface area (Å²) in [6.07, 6.45) is 9.08. The Bertz CT molecular complexity index is 283. The van der Waals surface area contributed by atoms with E-state index >= 15 is 0 Å². The summed E-state index contributed by atoms with van der Waals surface area (Å²) in [4.78, 5) is 7.40. The molecule has 0 atom stereocenters. The highest BCUT2D eigenvalue weighted by Crippen LogP contribution is 2.17. The highest BCUT2D eigenvalue weighted by molar-refractivity contribution is 5.79. The van der Waals surface area contributed by atoms with Gasteiger partial charge in [0.25, 0.3) is 0 Å². The van der Waals surface area contributed by atoms with Gasteiger partial charge in [0.15, 0.2) is 5.96 Å². The van der Waals surface area contributed by atoms with Crippen molar-refractivity contribution in [1.82, 2.24) is 15.5 Å². The van der Waals surface area contributed by atoms with Crippen molar-refractivity contribution in [2.45, 2.75) is 65.7 Å². The largest absolute Gasteiger partial charge is 0.357 e. The van der Waals surface area contributed by atoms with Crippen LogP contribution in [-0.2, 0) is 0 Å². The van der Waals surface area contributed by atoms with Gasteiger partial charge in [0.2, 0.25) is 0 Å². The molecule has 0 aromatic rings. The van der Waals surface area contributed by atoms with Crippen LogP contribution in [0.3, 0.4) is 0 Å². The lowest BCUT2D eigenvalue weighted by Crippen LogP contribution is -2.39. The minimum atomic E-state index is 0.767. The van der Waals surface area contributed by atoms with Gasteiger partial charge in [-0.1, -0.05) is 33.1 Å². The van der Waals surface area contributed by atoms with Gasteiger partial charge in [-0.05, 0) is 58.2 Å². The molecular weight excluding hydrogens is 272 g/mol. The van der Waals surface area contributed by atoms with E-state index in [1.165, 1.54) is 64.6 Å². The molecule has 0 aromatic carbocycles. The predicted molar refractivity (Wildman–Crippen MR) is 97.6 cm³/mol. The Morgan fingerprint density at radius 2 is 1.77 bits per heavy atom. The fourth-order valence-corrected chi connectivity index (χ4v) is 3.03. The summed E-state index contributed by atoms with van der Waals surface area (Å²) in [5.41, 5.74) is 0. The molecule has 0 unspecified atom stereocenters. The fraction of sp³-hybridized carbons (Fsp3) is 0.944. The number of aliphatic imine (C=N–C) groups is 1. The number of nitrogens with one attached hydrogen (secondary N) is 2. The molecule has 0 saturated carbocycles. The third-order valence-corrected chi connectivity index (χ3v) is 4.42. The Kier molecular flexibility index (Phi) is 11.2. The summed E-state index contributed by atoms with van der Waals surface area (Å²) in [5.74, 6) is 1.78. The Morgan fingerprint density at radius 3 is 2.41 bits per heavy atom. The smallest absolute Gasteiger partial charge is 0.191 e. The third kappa shape index (κ3) is 8.62. The molecule has 1 aliphatic rings. The van der Waals surface area contributed by atoms with E-state index < -0.39 is 0 Å². The van der Waals surface area contributed by atoms with E-state index in [0.717, 1.165) is 31.5 Å². The van der Waals surface area contributed by atoms with Crippen LogP contribution in [0.2, 0.25) is 0 Å². The second kappa shape index (κ2) is 12.7. The van der Waals surface area contributed by atoms with E-state index in [1.807, 2.05) is 0 Å². The normalized spacial score (nSPS) is 17.7. The average molecular weight is 311 g/mol. The van der Waals surface area contributed by atoms with Crippen molar-refractivity contribution in [3.63, 3.8) is 0 Å². The minimum Gasteiger partial charge on any atom is -0.357 e. The molecule has 1 rings (SSSR count). The standard InChI is InChI=1S/C18H38N4/c1-4-7-8-9-12-20-18(19-6-3)21-16-17-10-14-22(13-5-2)15-11-17/h17H,4-16H2,1-3H3,(H2,19,20,21). The molecular formula is C18H38N4. The summed E-state index contributed by atoms with van der Waals surface area (Å²) in [7, 11) is 0. The molecule has 1 fully saturated rings. The van der Waals surface area contributed by atoms with Crippen molar-refractivity contribution in [3.05, 3.63) is 0 Å². The van der Waals surface area contributed by atoms with Crippen molar-refractivity contribution >= 4 is 5.96 Å². The van der Waals surface area contributed by atoms with E-state index in [2.05, 4.69) is 36.3 Å². The number of hydrogen-bond donors (Lipinski definition) is 2. The Balaban J connectivity index is 2.24. The van der Waals surface area contributed by atoms with Crippen molar-refractivity contribution in [2.75, 3.05) is 39.3 Å². The molecule has 130 valence electrons. The predicted octanol–water partition coefficient (Wildman–Crippen LogP) is 3.24. The molecule has 2 N–H and O–H groups in total. The molecule has 1 heterocycles. The van der Waals surface area contributed by atoms with Crippen molar-refractivity contribution in [2.24, 2.45) is 10.9 Å². The van der Waals surface area contributed by atoms with Crippen molar-refractivity contribution < 1.29 is 0 Å². The molecule has 0 aliphatic carbocycles. The number of hydrogen-bond acceptors (Lipinski definition) is 2. The number of unbranched alkanes of at least 4 members (excludes halogenated alkanes) is 3. The molecule has 4 nitrogen and oxygen atoms in total. The van der Waals surface area contributed by atoms with Crippen LogP contribution in [0.4, 0.5) is 0 Å². The van der Waals surface area contributed by atoms with Gasteiger partial charge in [0.05, 0.1) is 0 Å². The van der Waals surface area contributed by atoms with Gasteiger partial charge in [-0.15, -0.1) is 0 Å². The average Bonchev–Trinajstić information content (AvgIpc) is 2.54. The van der Waals surface area contributed by atoms with Crippen LogP contribution in [0.5, 0.6) is 0 Å². The Labute approximate surface area is 138 Å². The van der Waals surface area contributed by atoms with Gasteiger partial charge in [-0.3, -0.25) is 4.99 Å². The summed E-state index contributed by atoms with van der Waals surface area (Å²) in [5, 5.41) is 6.85. The molecule has 0 radical (unpaired) electrons. The van der Waals surface area contributed by atoms with Crippen molar-refractivity contribution in [3.8, 4) is 0 Å². The Hall–Kier alpha value is -0.770. The van der Waals surface area contributed by atoms with Gasteiger partial charge in [-0.25, -0.2) is 0 Å². The maximum Gasteiger partial charge on any atom is 0.191 e. The van der Waals surface area contributed by atoms with Gasteiger partial charge < -0.3 is 15.5 Å². The van der Waals surface area contributed by atoms with Crippen LogP contribution >= 0.6 is 0 Å².